The zero-order valence-electron chi connectivity index (χ0n) is 16.0. The third-order valence-corrected chi connectivity index (χ3v) is 5.98. The molecular formula is C23H23NO3S. The summed E-state index contributed by atoms with van der Waals surface area (Å²) in [6.45, 7) is 3.74. The molecule has 144 valence electrons. The van der Waals surface area contributed by atoms with Crippen molar-refractivity contribution in [1.82, 2.24) is 0 Å². The highest BCUT2D eigenvalue weighted by molar-refractivity contribution is 7.92. The molecule has 0 heterocycles. The van der Waals surface area contributed by atoms with Gasteiger partial charge in [-0.05, 0) is 48.7 Å². The molecule has 3 aromatic carbocycles. The largest absolute Gasteiger partial charge is 0.299 e. The van der Waals surface area contributed by atoms with Crippen LogP contribution in [0.1, 0.15) is 22.3 Å². The molecule has 0 aliphatic heterocycles. The highest BCUT2D eigenvalue weighted by atomic mass is 32.2. The van der Waals surface area contributed by atoms with Crippen molar-refractivity contribution >= 4 is 21.5 Å². The first-order valence-electron chi connectivity index (χ1n) is 9.08. The van der Waals surface area contributed by atoms with E-state index in [-0.39, 0.29) is 17.1 Å². The zero-order valence-corrected chi connectivity index (χ0v) is 16.8. The third-order valence-electron chi connectivity index (χ3n) is 4.45. The van der Waals surface area contributed by atoms with Gasteiger partial charge in [-0.25, -0.2) is 8.42 Å². The number of Topliss-reactive ketones (excluding diaryl/α,β-unsaturated/α-hetero) is 1. The molecule has 0 spiro atoms. The fraction of sp³-hybridized carbons (Fsp3) is 0.174. The van der Waals surface area contributed by atoms with Crippen molar-refractivity contribution in [2.24, 2.45) is 0 Å². The van der Waals surface area contributed by atoms with Crippen LogP contribution in [0.15, 0.2) is 77.7 Å². The number of carbonyl (C=O) groups is 1. The minimum absolute atomic E-state index is 0.0498. The van der Waals surface area contributed by atoms with Gasteiger partial charge >= 0.3 is 0 Å². The fourth-order valence-electron chi connectivity index (χ4n) is 3.10. The highest BCUT2D eigenvalue weighted by Crippen LogP contribution is 2.21. The Balaban J connectivity index is 1.78. The van der Waals surface area contributed by atoms with Gasteiger partial charge in [0.2, 0.25) is 0 Å². The Morgan fingerprint density at radius 3 is 2.18 bits per heavy atom. The first-order valence-corrected chi connectivity index (χ1v) is 10.6. The van der Waals surface area contributed by atoms with Gasteiger partial charge in [0.25, 0.3) is 10.0 Å². The molecule has 0 unspecified atom stereocenters. The summed E-state index contributed by atoms with van der Waals surface area (Å²) in [6, 6.07) is 21.7. The van der Waals surface area contributed by atoms with Crippen LogP contribution in [0.25, 0.3) is 0 Å². The van der Waals surface area contributed by atoms with Gasteiger partial charge in [0.1, 0.15) is 5.78 Å². The lowest BCUT2D eigenvalue weighted by Crippen LogP contribution is -2.15. The normalized spacial score (nSPS) is 11.2. The van der Waals surface area contributed by atoms with Crippen LogP contribution < -0.4 is 4.72 Å². The number of hydrogen-bond acceptors (Lipinski definition) is 3. The number of aryl methyl sites for hydroxylation is 2. The molecule has 0 aliphatic rings. The second-order valence-corrected chi connectivity index (χ2v) is 8.60. The summed E-state index contributed by atoms with van der Waals surface area (Å²) in [5.74, 6) is 0.0498. The van der Waals surface area contributed by atoms with Gasteiger partial charge in [0, 0.05) is 18.5 Å². The van der Waals surface area contributed by atoms with Crippen LogP contribution >= 0.6 is 0 Å². The fourth-order valence-corrected chi connectivity index (χ4v) is 4.46. The minimum Gasteiger partial charge on any atom is -0.299 e. The van der Waals surface area contributed by atoms with Crippen LogP contribution in [0, 0.1) is 13.8 Å². The van der Waals surface area contributed by atoms with E-state index in [2.05, 4.69) is 4.72 Å². The molecule has 5 heteroatoms. The Kier molecular flexibility index (Phi) is 5.95. The topological polar surface area (TPSA) is 63.2 Å². The quantitative estimate of drug-likeness (QED) is 0.645. The Hall–Kier alpha value is -2.92. The molecule has 0 aromatic heterocycles. The number of anilines is 1. The first kappa shape index (κ1) is 19.8. The summed E-state index contributed by atoms with van der Waals surface area (Å²) < 4.78 is 28.2. The predicted molar refractivity (Wildman–Crippen MR) is 112 cm³/mol. The molecule has 0 atom stereocenters. The van der Waals surface area contributed by atoms with Crippen LogP contribution in [0.5, 0.6) is 0 Å². The molecule has 1 N–H and O–H groups in total. The number of para-hydroxylation sites is 1. The number of hydrogen-bond donors (Lipinski definition) is 1. The van der Waals surface area contributed by atoms with Crippen molar-refractivity contribution in [2.45, 2.75) is 31.6 Å². The maximum Gasteiger partial charge on any atom is 0.262 e. The lowest BCUT2D eigenvalue weighted by atomic mass is 10.0. The molecule has 28 heavy (non-hydrogen) atoms. The Morgan fingerprint density at radius 1 is 0.821 bits per heavy atom. The summed E-state index contributed by atoms with van der Waals surface area (Å²) in [5.41, 5.74) is 3.91. The van der Waals surface area contributed by atoms with E-state index in [1.165, 1.54) is 0 Å². The second-order valence-electron chi connectivity index (χ2n) is 6.95. The van der Waals surface area contributed by atoms with Crippen molar-refractivity contribution in [2.75, 3.05) is 4.72 Å². The number of ketones is 1. The Labute approximate surface area is 166 Å². The van der Waals surface area contributed by atoms with Crippen molar-refractivity contribution in [3.05, 3.63) is 95.1 Å². The van der Waals surface area contributed by atoms with E-state index in [1.54, 1.807) is 43.3 Å². The molecule has 0 amide bonds. The predicted octanol–water partition coefficient (Wildman–Crippen LogP) is 4.46. The second kappa shape index (κ2) is 8.40. The molecule has 3 rings (SSSR count). The van der Waals surface area contributed by atoms with Crippen LogP contribution in [0.4, 0.5) is 5.69 Å². The number of sulfonamides is 1. The van der Waals surface area contributed by atoms with Gasteiger partial charge in [-0.3, -0.25) is 9.52 Å². The third kappa shape index (κ3) is 5.08. The van der Waals surface area contributed by atoms with Crippen LogP contribution in [0.2, 0.25) is 0 Å². The number of benzene rings is 3. The number of rotatable bonds is 7. The van der Waals surface area contributed by atoms with Gasteiger partial charge in [-0.1, -0.05) is 60.2 Å². The van der Waals surface area contributed by atoms with Crippen molar-refractivity contribution < 1.29 is 13.2 Å². The van der Waals surface area contributed by atoms with E-state index >= 15 is 0 Å². The lowest BCUT2D eigenvalue weighted by Gasteiger charge is -2.12. The van der Waals surface area contributed by atoms with Gasteiger partial charge in [-0.15, -0.1) is 0 Å². The average molecular weight is 394 g/mol. The smallest absolute Gasteiger partial charge is 0.262 e. The average Bonchev–Trinajstić information content (AvgIpc) is 2.63. The molecule has 4 nitrogen and oxygen atoms in total. The summed E-state index contributed by atoms with van der Waals surface area (Å²) in [4.78, 5) is 12.7. The molecular weight excluding hydrogens is 370 g/mol. The molecule has 0 bridgehead atoms. The lowest BCUT2D eigenvalue weighted by molar-refractivity contribution is -0.117. The van der Waals surface area contributed by atoms with Gasteiger partial charge in [0.15, 0.2) is 0 Å². The summed E-state index contributed by atoms with van der Waals surface area (Å²) >= 11 is 0. The maximum absolute atomic E-state index is 12.8. The maximum atomic E-state index is 12.8. The molecule has 0 radical (unpaired) electrons. The zero-order chi connectivity index (χ0) is 20.1. The van der Waals surface area contributed by atoms with Crippen LogP contribution in [0.3, 0.4) is 0 Å². The number of nitrogens with one attached hydrogen (secondary N) is 1. The molecule has 0 saturated carbocycles. The van der Waals surface area contributed by atoms with Gasteiger partial charge in [-0.2, -0.15) is 0 Å². The van der Waals surface area contributed by atoms with E-state index in [1.807, 2.05) is 43.3 Å². The Bertz CT molecular complexity index is 1090. The standard InChI is InChI=1S/C23H23NO3S/c1-17-7-6-8-19(13-17)14-22(25)15-20-12-11-18(2)23(16-20)28(26,27)24-21-9-4-3-5-10-21/h3-13,16,24H,14-15H2,1-2H3. The summed E-state index contributed by atoms with van der Waals surface area (Å²) in [6.07, 6.45) is 0.530. The van der Waals surface area contributed by atoms with Crippen LogP contribution in [-0.2, 0) is 27.7 Å². The van der Waals surface area contributed by atoms with E-state index in [4.69, 9.17) is 0 Å². The van der Waals surface area contributed by atoms with Crippen molar-refractivity contribution in [3.63, 3.8) is 0 Å². The van der Waals surface area contributed by atoms with Crippen LogP contribution in [-0.4, -0.2) is 14.2 Å². The SMILES string of the molecule is Cc1cccc(CC(=O)Cc2ccc(C)c(S(=O)(=O)Nc3ccccc3)c2)c1. The first-order chi connectivity index (χ1) is 13.3. The highest BCUT2D eigenvalue weighted by Gasteiger charge is 2.18. The molecule has 0 saturated heterocycles. The summed E-state index contributed by atoms with van der Waals surface area (Å²) in [5, 5.41) is 0. The molecule has 0 aliphatic carbocycles. The van der Waals surface area contributed by atoms with E-state index in [0.29, 0.717) is 23.2 Å². The van der Waals surface area contributed by atoms with Crippen molar-refractivity contribution in [3.8, 4) is 0 Å². The van der Waals surface area contributed by atoms with Crippen molar-refractivity contribution in [1.29, 1.82) is 0 Å². The Morgan fingerprint density at radius 2 is 1.50 bits per heavy atom. The van der Waals surface area contributed by atoms with E-state index in [0.717, 1.165) is 11.1 Å². The molecule has 0 fully saturated rings. The summed E-state index contributed by atoms with van der Waals surface area (Å²) in [7, 11) is -3.73. The molecule has 3 aromatic rings. The monoisotopic (exact) mass is 393 g/mol. The van der Waals surface area contributed by atoms with E-state index < -0.39 is 10.0 Å². The van der Waals surface area contributed by atoms with Gasteiger partial charge < -0.3 is 0 Å². The van der Waals surface area contributed by atoms with Gasteiger partial charge in [0.05, 0.1) is 4.90 Å². The minimum atomic E-state index is -3.73. The number of carbonyl (C=O) groups excluding carboxylic acids is 1. The van der Waals surface area contributed by atoms with E-state index in [9.17, 15) is 13.2 Å².